The molecule has 1 saturated carbocycles. The summed E-state index contributed by atoms with van der Waals surface area (Å²) in [7, 11) is 1.86. The number of benzene rings is 1. The Labute approximate surface area is 189 Å². The number of hydrogen-bond donors (Lipinski definition) is 2. The van der Waals surface area contributed by atoms with Gasteiger partial charge in [-0.1, -0.05) is 35.0 Å². The van der Waals surface area contributed by atoms with Gasteiger partial charge in [-0.2, -0.15) is 0 Å². The van der Waals surface area contributed by atoms with Crippen molar-refractivity contribution in [1.82, 2.24) is 20.4 Å². The summed E-state index contributed by atoms with van der Waals surface area (Å²) in [5.74, 6) is 0.915. The first-order valence-corrected chi connectivity index (χ1v) is 10.6. The largest absolute Gasteiger partial charge is 0.356 e. The molecule has 2 fully saturated rings. The van der Waals surface area contributed by atoms with Gasteiger partial charge in [0.2, 0.25) is 0 Å². The van der Waals surface area contributed by atoms with Gasteiger partial charge in [0.15, 0.2) is 5.96 Å². The van der Waals surface area contributed by atoms with Crippen molar-refractivity contribution >= 4 is 45.9 Å². The molecule has 1 heterocycles. The van der Waals surface area contributed by atoms with Gasteiger partial charge in [0.1, 0.15) is 0 Å². The molecule has 27 heavy (non-hydrogen) atoms. The summed E-state index contributed by atoms with van der Waals surface area (Å²) in [5.41, 5.74) is 1.70. The monoisotopic (exact) mass is 549 g/mol. The predicted molar refractivity (Wildman–Crippen MR) is 128 cm³/mol. The van der Waals surface area contributed by atoms with Gasteiger partial charge in [-0.3, -0.25) is 9.89 Å². The summed E-state index contributed by atoms with van der Waals surface area (Å²) < 4.78 is 1.16. The Hall–Kier alpha value is -0.380. The molecule has 1 aliphatic carbocycles. The molecule has 152 valence electrons. The number of nitrogens with one attached hydrogen (secondary N) is 2. The van der Waals surface area contributed by atoms with E-state index in [1.165, 1.54) is 51.1 Å². The lowest BCUT2D eigenvalue weighted by Gasteiger charge is -2.34. The molecule has 1 aromatic rings. The summed E-state index contributed by atoms with van der Waals surface area (Å²) in [6, 6.07) is 8.71. The van der Waals surface area contributed by atoms with E-state index in [4.69, 9.17) is 0 Å². The van der Waals surface area contributed by atoms with E-state index in [9.17, 15) is 0 Å². The Morgan fingerprint density at radius 3 is 2.44 bits per heavy atom. The van der Waals surface area contributed by atoms with Gasteiger partial charge < -0.3 is 15.5 Å². The highest BCUT2D eigenvalue weighted by atomic mass is 127. The number of piperazine rings is 1. The maximum atomic E-state index is 4.40. The van der Waals surface area contributed by atoms with Crippen molar-refractivity contribution in [2.45, 2.75) is 25.2 Å². The van der Waals surface area contributed by atoms with Gasteiger partial charge in [0.05, 0.1) is 0 Å². The summed E-state index contributed by atoms with van der Waals surface area (Å²) in [6.07, 6.45) is 2.49. The second-order valence-electron chi connectivity index (χ2n) is 7.42. The minimum atomic E-state index is 0. The normalized spacial score (nSPS) is 20.0. The van der Waals surface area contributed by atoms with E-state index in [0.29, 0.717) is 0 Å². The van der Waals surface area contributed by atoms with Crippen LogP contribution >= 0.6 is 39.9 Å². The van der Waals surface area contributed by atoms with Crippen molar-refractivity contribution in [2.24, 2.45) is 4.99 Å². The molecule has 2 N–H and O–H groups in total. The fourth-order valence-electron chi connectivity index (χ4n) is 3.67. The smallest absolute Gasteiger partial charge is 0.191 e. The minimum Gasteiger partial charge on any atom is -0.356 e. The highest BCUT2D eigenvalue weighted by molar-refractivity contribution is 14.0. The predicted octanol–water partition coefficient (Wildman–Crippen LogP) is 2.90. The molecule has 0 radical (unpaired) electrons. The quantitative estimate of drug-likeness (QED) is 0.312. The number of halogens is 2. The van der Waals surface area contributed by atoms with Gasteiger partial charge in [-0.25, -0.2) is 0 Å². The third-order valence-corrected chi connectivity index (χ3v) is 6.23. The Morgan fingerprint density at radius 1 is 1.15 bits per heavy atom. The maximum absolute atomic E-state index is 4.40. The zero-order chi connectivity index (χ0) is 18.4. The molecule has 2 aliphatic rings. The van der Waals surface area contributed by atoms with Crippen molar-refractivity contribution in [1.29, 1.82) is 0 Å². The average Bonchev–Trinajstić information content (AvgIpc) is 3.46. The standard InChI is InChI=1S/C20H32BrN5.HI/c1-3-25-11-13-26(14-12-25)10-9-23-19(22-2)24-16-20(7-8-20)17-5-4-6-18(21)15-17;/h4-6,15H,3,7-14,16H2,1-2H3,(H2,22,23,24);1H. The zero-order valence-electron chi connectivity index (χ0n) is 16.5. The zero-order valence-corrected chi connectivity index (χ0v) is 20.4. The summed E-state index contributed by atoms with van der Waals surface area (Å²) in [5, 5.41) is 7.02. The second-order valence-corrected chi connectivity index (χ2v) is 8.33. The fraction of sp³-hybridized carbons (Fsp3) is 0.650. The first-order chi connectivity index (χ1) is 12.6. The lowest BCUT2D eigenvalue weighted by Crippen LogP contribution is -2.49. The molecular weight excluding hydrogens is 517 g/mol. The van der Waals surface area contributed by atoms with E-state index < -0.39 is 0 Å². The van der Waals surface area contributed by atoms with Crippen LogP contribution < -0.4 is 10.6 Å². The third-order valence-electron chi connectivity index (χ3n) is 5.74. The molecule has 5 nitrogen and oxygen atoms in total. The summed E-state index contributed by atoms with van der Waals surface area (Å²) >= 11 is 3.59. The lowest BCUT2D eigenvalue weighted by atomic mass is 9.96. The molecule has 3 rings (SSSR count). The molecule has 0 atom stereocenters. The topological polar surface area (TPSA) is 42.9 Å². The maximum Gasteiger partial charge on any atom is 0.191 e. The van der Waals surface area contributed by atoms with Gasteiger partial charge in [0, 0.05) is 62.7 Å². The first-order valence-electron chi connectivity index (χ1n) is 9.80. The van der Waals surface area contributed by atoms with Crippen LogP contribution in [-0.4, -0.2) is 75.2 Å². The van der Waals surface area contributed by atoms with Crippen molar-refractivity contribution in [2.75, 3.05) is 59.4 Å². The first kappa shape index (κ1) is 22.9. The van der Waals surface area contributed by atoms with Crippen LogP contribution in [0.1, 0.15) is 25.3 Å². The average molecular weight is 550 g/mol. The van der Waals surface area contributed by atoms with Crippen LogP contribution in [-0.2, 0) is 5.41 Å². The summed E-state index contributed by atoms with van der Waals surface area (Å²) in [6.45, 7) is 11.1. The van der Waals surface area contributed by atoms with Gasteiger partial charge >= 0.3 is 0 Å². The number of likely N-dealkylation sites (N-methyl/N-ethyl adjacent to an activating group) is 1. The summed E-state index contributed by atoms with van der Waals surface area (Å²) in [4.78, 5) is 9.45. The minimum absolute atomic E-state index is 0. The van der Waals surface area contributed by atoms with Gasteiger partial charge in [-0.15, -0.1) is 24.0 Å². The van der Waals surface area contributed by atoms with Crippen LogP contribution in [0, 0.1) is 0 Å². The SMILES string of the molecule is CCN1CCN(CCNC(=NC)NCC2(c3cccc(Br)c3)CC2)CC1.I. The van der Waals surface area contributed by atoms with Crippen LogP contribution in [0.25, 0.3) is 0 Å². The number of nitrogens with zero attached hydrogens (tertiary/aromatic N) is 3. The van der Waals surface area contributed by atoms with Crippen molar-refractivity contribution in [3.8, 4) is 0 Å². The van der Waals surface area contributed by atoms with Crippen LogP contribution in [0.2, 0.25) is 0 Å². The molecule has 0 aromatic heterocycles. The van der Waals surface area contributed by atoms with E-state index in [2.05, 4.69) is 72.5 Å². The third kappa shape index (κ3) is 6.58. The van der Waals surface area contributed by atoms with Crippen molar-refractivity contribution in [3.63, 3.8) is 0 Å². The molecule has 0 bridgehead atoms. The molecule has 1 aliphatic heterocycles. The number of rotatable bonds is 7. The van der Waals surface area contributed by atoms with Crippen LogP contribution in [0.3, 0.4) is 0 Å². The Kier molecular flexibility index (Phi) is 9.31. The van der Waals surface area contributed by atoms with Crippen molar-refractivity contribution < 1.29 is 0 Å². The molecule has 0 unspecified atom stereocenters. The Balaban J connectivity index is 0.00000261. The van der Waals surface area contributed by atoms with E-state index in [0.717, 1.165) is 30.1 Å². The Bertz CT molecular complexity index is 612. The molecule has 7 heteroatoms. The highest BCUT2D eigenvalue weighted by Crippen LogP contribution is 2.48. The Morgan fingerprint density at radius 2 is 1.85 bits per heavy atom. The number of guanidine groups is 1. The fourth-order valence-corrected chi connectivity index (χ4v) is 4.07. The van der Waals surface area contributed by atoms with E-state index in [1.807, 2.05) is 7.05 Å². The number of aliphatic imine (C=N–C) groups is 1. The van der Waals surface area contributed by atoms with Crippen LogP contribution in [0.5, 0.6) is 0 Å². The highest BCUT2D eigenvalue weighted by Gasteiger charge is 2.44. The van der Waals surface area contributed by atoms with Crippen LogP contribution in [0.15, 0.2) is 33.7 Å². The van der Waals surface area contributed by atoms with Gasteiger partial charge in [-0.05, 0) is 37.1 Å². The van der Waals surface area contributed by atoms with Crippen LogP contribution in [0.4, 0.5) is 0 Å². The molecule has 0 amide bonds. The number of hydrogen-bond acceptors (Lipinski definition) is 3. The second kappa shape index (κ2) is 11.0. The van der Waals surface area contributed by atoms with Gasteiger partial charge in [0.25, 0.3) is 0 Å². The van der Waals surface area contributed by atoms with Crippen molar-refractivity contribution in [3.05, 3.63) is 34.3 Å². The molecular formula is C20H33BrIN5. The molecule has 1 aromatic carbocycles. The van der Waals surface area contributed by atoms with E-state index in [1.54, 1.807) is 0 Å². The lowest BCUT2D eigenvalue weighted by molar-refractivity contribution is 0.139. The van der Waals surface area contributed by atoms with E-state index >= 15 is 0 Å². The molecule has 1 saturated heterocycles. The van der Waals surface area contributed by atoms with E-state index in [-0.39, 0.29) is 29.4 Å². The molecule has 0 spiro atoms.